The fraction of sp³-hybridized carbons (Fsp3) is 0.133. The van der Waals surface area contributed by atoms with Gasteiger partial charge >= 0.3 is 0 Å². The van der Waals surface area contributed by atoms with Gasteiger partial charge in [0.05, 0.1) is 16.3 Å². The van der Waals surface area contributed by atoms with Gasteiger partial charge in [-0.1, -0.05) is 23.7 Å². The summed E-state index contributed by atoms with van der Waals surface area (Å²) in [5.74, 6) is -0.212. The van der Waals surface area contributed by atoms with E-state index in [1.807, 2.05) is 38.1 Å². The third-order valence-electron chi connectivity index (χ3n) is 2.74. The van der Waals surface area contributed by atoms with Gasteiger partial charge in [-0.25, -0.2) is 0 Å². The van der Waals surface area contributed by atoms with Crippen molar-refractivity contribution in [3.8, 4) is 0 Å². The quantitative estimate of drug-likeness (QED) is 0.823. The van der Waals surface area contributed by atoms with Crippen LogP contribution in [0.5, 0.6) is 0 Å². The number of nitrogens with one attached hydrogen (secondary N) is 1. The van der Waals surface area contributed by atoms with E-state index in [9.17, 15) is 4.79 Å². The lowest BCUT2D eigenvalue weighted by Gasteiger charge is -2.09. The van der Waals surface area contributed by atoms with Gasteiger partial charge in [0.2, 0.25) is 0 Å². The molecule has 0 aliphatic carbocycles. The Morgan fingerprint density at radius 2 is 1.74 bits per heavy atom. The zero-order valence-corrected chi connectivity index (χ0v) is 13.0. The average Bonchev–Trinajstić information content (AvgIpc) is 2.33. The SMILES string of the molecule is Cc1ccc(C(=O)Nc2cc(C)ccc2Br)c(Cl)c1. The van der Waals surface area contributed by atoms with Crippen molar-refractivity contribution < 1.29 is 4.79 Å². The molecule has 98 valence electrons. The molecule has 4 heteroatoms. The van der Waals surface area contributed by atoms with Crippen LogP contribution in [0.15, 0.2) is 40.9 Å². The first kappa shape index (κ1) is 14.1. The van der Waals surface area contributed by atoms with Crippen molar-refractivity contribution in [1.29, 1.82) is 0 Å². The lowest BCUT2D eigenvalue weighted by molar-refractivity contribution is 0.102. The molecule has 0 aliphatic rings. The van der Waals surface area contributed by atoms with Crippen molar-refractivity contribution in [2.45, 2.75) is 13.8 Å². The maximum atomic E-state index is 12.2. The Balaban J connectivity index is 2.28. The normalized spacial score (nSPS) is 10.3. The summed E-state index contributed by atoms with van der Waals surface area (Å²) < 4.78 is 0.842. The van der Waals surface area contributed by atoms with Crippen molar-refractivity contribution >= 4 is 39.1 Å². The summed E-state index contributed by atoms with van der Waals surface area (Å²) in [7, 11) is 0. The van der Waals surface area contributed by atoms with Crippen molar-refractivity contribution in [3.05, 3.63) is 62.6 Å². The van der Waals surface area contributed by atoms with Crippen LogP contribution in [0.25, 0.3) is 0 Å². The summed E-state index contributed by atoms with van der Waals surface area (Å²) in [4.78, 5) is 12.2. The predicted octanol–water partition coefficient (Wildman–Crippen LogP) is 4.97. The minimum atomic E-state index is -0.212. The Morgan fingerprint density at radius 1 is 1.11 bits per heavy atom. The third kappa shape index (κ3) is 3.37. The second-order valence-corrected chi connectivity index (χ2v) is 5.68. The second kappa shape index (κ2) is 5.76. The lowest BCUT2D eigenvalue weighted by atomic mass is 10.1. The molecule has 2 aromatic carbocycles. The van der Waals surface area contributed by atoms with Crippen molar-refractivity contribution in [3.63, 3.8) is 0 Å². The molecule has 0 bridgehead atoms. The molecule has 0 saturated carbocycles. The molecular weight excluding hydrogens is 326 g/mol. The monoisotopic (exact) mass is 337 g/mol. The van der Waals surface area contributed by atoms with E-state index < -0.39 is 0 Å². The smallest absolute Gasteiger partial charge is 0.257 e. The zero-order chi connectivity index (χ0) is 14.0. The predicted molar refractivity (Wildman–Crippen MR) is 83.0 cm³/mol. The van der Waals surface area contributed by atoms with Gasteiger partial charge in [-0.15, -0.1) is 0 Å². The Kier molecular flexibility index (Phi) is 4.27. The molecule has 0 radical (unpaired) electrons. The first-order valence-corrected chi connectivity index (χ1v) is 6.98. The number of carbonyl (C=O) groups is 1. The van der Waals surface area contributed by atoms with E-state index in [0.29, 0.717) is 10.6 Å². The molecule has 1 N–H and O–H groups in total. The largest absolute Gasteiger partial charge is 0.321 e. The number of amides is 1. The molecule has 2 aromatic rings. The fourth-order valence-electron chi connectivity index (χ4n) is 1.73. The summed E-state index contributed by atoms with van der Waals surface area (Å²) in [6.45, 7) is 3.91. The Labute approximate surface area is 125 Å². The molecule has 2 rings (SSSR count). The van der Waals surface area contributed by atoms with E-state index in [2.05, 4.69) is 21.2 Å². The molecular formula is C15H13BrClNO. The molecule has 1 amide bonds. The number of hydrogen-bond donors (Lipinski definition) is 1. The highest BCUT2D eigenvalue weighted by Crippen LogP contribution is 2.25. The van der Waals surface area contributed by atoms with Crippen LogP contribution in [0.2, 0.25) is 5.02 Å². The van der Waals surface area contributed by atoms with Crippen LogP contribution in [0.3, 0.4) is 0 Å². The molecule has 2 nitrogen and oxygen atoms in total. The molecule has 0 atom stereocenters. The summed E-state index contributed by atoms with van der Waals surface area (Å²) in [5.41, 5.74) is 3.31. The number of rotatable bonds is 2. The number of halogens is 2. The van der Waals surface area contributed by atoms with Crippen LogP contribution in [0.4, 0.5) is 5.69 Å². The van der Waals surface area contributed by atoms with Gasteiger partial charge in [0.25, 0.3) is 5.91 Å². The standard InChI is InChI=1S/C15H13BrClNO/c1-9-3-5-11(13(17)7-9)15(19)18-14-8-10(2)4-6-12(14)16/h3-8H,1-2H3,(H,18,19). The number of aryl methyl sites for hydroxylation is 2. The van der Waals surface area contributed by atoms with Gasteiger partial charge in [-0.05, 0) is 65.2 Å². The highest BCUT2D eigenvalue weighted by atomic mass is 79.9. The van der Waals surface area contributed by atoms with Crippen LogP contribution in [0.1, 0.15) is 21.5 Å². The molecule has 0 spiro atoms. The maximum absolute atomic E-state index is 12.2. The minimum Gasteiger partial charge on any atom is -0.321 e. The first-order valence-electron chi connectivity index (χ1n) is 5.81. The van der Waals surface area contributed by atoms with Crippen molar-refractivity contribution in [2.24, 2.45) is 0 Å². The van der Waals surface area contributed by atoms with Gasteiger partial charge in [0, 0.05) is 4.47 Å². The number of anilines is 1. The summed E-state index contributed by atoms with van der Waals surface area (Å²) in [5, 5.41) is 3.32. The minimum absolute atomic E-state index is 0.212. The lowest BCUT2D eigenvalue weighted by Crippen LogP contribution is -2.13. The molecule has 0 unspecified atom stereocenters. The molecule has 0 fully saturated rings. The topological polar surface area (TPSA) is 29.1 Å². The summed E-state index contributed by atoms with van der Waals surface area (Å²) >= 11 is 9.50. The fourth-order valence-corrected chi connectivity index (χ4v) is 2.40. The van der Waals surface area contributed by atoms with Crippen molar-refractivity contribution in [1.82, 2.24) is 0 Å². The van der Waals surface area contributed by atoms with E-state index in [-0.39, 0.29) is 5.91 Å². The number of carbonyl (C=O) groups excluding carboxylic acids is 1. The zero-order valence-electron chi connectivity index (χ0n) is 10.6. The van der Waals surface area contributed by atoms with Crippen LogP contribution < -0.4 is 5.32 Å². The van der Waals surface area contributed by atoms with E-state index in [0.717, 1.165) is 21.3 Å². The van der Waals surface area contributed by atoms with Gasteiger partial charge in [-0.3, -0.25) is 4.79 Å². The maximum Gasteiger partial charge on any atom is 0.257 e. The molecule has 0 aromatic heterocycles. The van der Waals surface area contributed by atoms with Crippen molar-refractivity contribution in [2.75, 3.05) is 5.32 Å². The van der Waals surface area contributed by atoms with E-state index in [1.165, 1.54) is 0 Å². The van der Waals surface area contributed by atoms with E-state index >= 15 is 0 Å². The highest BCUT2D eigenvalue weighted by Gasteiger charge is 2.12. The number of benzene rings is 2. The average molecular weight is 339 g/mol. The van der Waals surface area contributed by atoms with Gasteiger partial charge in [-0.2, -0.15) is 0 Å². The third-order valence-corrected chi connectivity index (χ3v) is 3.74. The second-order valence-electron chi connectivity index (χ2n) is 4.42. The van der Waals surface area contributed by atoms with Gasteiger partial charge < -0.3 is 5.32 Å². The Bertz CT molecular complexity index is 640. The van der Waals surface area contributed by atoms with Gasteiger partial charge in [0.1, 0.15) is 0 Å². The molecule has 0 saturated heterocycles. The number of hydrogen-bond acceptors (Lipinski definition) is 1. The van der Waals surface area contributed by atoms with Crippen LogP contribution in [0, 0.1) is 13.8 Å². The van der Waals surface area contributed by atoms with Crippen LogP contribution >= 0.6 is 27.5 Å². The summed E-state index contributed by atoms with van der Waals surface area (Å²) in [6, 6.07) is 11.2. The first-order chi connectivity index (χ1) is 8.97. The van der Waals surface area contributed by atoms with Crippen LogP contribution in [-0.4, -0.2) is 5.91 Å². The molecule has 19 heavy (non-hydrogen) atoms. The molecule has 0 heterocycles. The Morgan fingerprint density at radius 3 is 2.42 bits per heavy atom. The van der Waals surface area contributed by atoms with Gasteiger partial charge in [0.15, 0.2) is 0 Å². The Hall–Kier alpha value is -1.32. The van der Waals surface area contributed by atoms with Crippen LogP contribution in [-0.2, 0) is 0 Å². The highest BCUT2D eigenvalue weighted by molar-refractivity contribution is 9.10. The van der Waals surface area contributed by atoms with E-state index in [4.69, 9.17) is 11.6 Å². The van der Waals surface area contributed by atoms with E-state index in [1.54, 1.807) is 12.1 Å². The molecule has 0 aliphatic heterocycles. The summed E-state index contributed by atoms with van der Waals surface area (Å²) in [6.07, 6.45) is 0.